The highest BCUT2D eigenvalue weighted by molar-refractivity contribution is 6.29. The molecular formula is C10H11ClN4O4. The number of rotatable bonds is 2. The maximum atomic E-state index is 11.3. The molecule has 3 heterocycles. The van der Waals surface area contributed by atoms with Crippen molar-refractivity contribution in [3.8, 4) is 0 Å². The average Bonchev–Trinajstić information content (AvgIpc) is 2.88. The van der Waals surface area contributed by atoms with E-state index in [1.54, 1.807) is 0 Å². The number of halogens is 1. The van der Waals surface area contributed by atoms with Crippen LogP contribution in [0.4, 0.5) is 0 Å². The third-order valence-corrected chi connectivity index (χ3v) is 3.36. The minimum absolute atomic E-state index is 0.120. The summed E-state index contributed by atoms with van der Waals surface area (Å²) >= 11 is 6.02. The first-order valence-corrected chi connectivity index (χ1v) is 6.05. The minimum atomic E-state index is -0.794. The van der Waals surface area contributed by atoms with Crippen LogP contribution < -0.4 is 5.69 Å². The number of ether oxygens (including phenoxy) is 1. The molecule has 9 heteroatoms. The lowest BCUT2D eigenvalue weighted by Gasteiger charge is -2.14. The predicted octanol–water partition coefficient (Wildman–Crippen LogP) is -0.586. The van der Waals surface area contributed by atoms with E-state index in [1.807, 2.05) is 0 Å². The van der Waals surface area contributed by atoms with E-state index in [2.05, 4.69) is 15.0 Å². The van der Waals surface area contributed by atoms with Crippen LogP contribution >= 0.6 is 11.6 Å². The number of hydrogen-bond donors (Lipinski definition) is 3. The van der Waals surface area contributed by atoms with Gasteiger partial charge >= 0.3 is 5.69 Å². The molecule has 0 saturated carbocycles. The quantitative estimate of drug-likeness (QED) is 0.636. The Morgan fingerprint density at radius 1 is 1.63 bits per heavy atom. The maximum Gasteiger partial charge on any atom is 0.346 e. The van der Waals surface area contributed by atoms with Crippen LogP contribution in [0.5, 0.6) is 0 Å². The van der Waals surface area contributed by atoms with Gasteiger partial charge in [0.05, 0.1) is 18.9 Å². The molecule has 0 bridgehead atoms. The zero-order valence-electron chi connectivity index (χ0n) is 9.65. The first-order valence-electron chi connectivity index (χ1n) is 5.67. The Balaban J connectivity index is 2.08. The summed E-state index contributed by atoms with van der Waals surface area (Å²) in [6.07, 6.45) is -0.501. The molecule has 102 valence electrons. The van der Waals surface area contributed by atoms with Crippen molar-refractivity contribution in [1.82, 2.24) is 19.5 Å². The second kappa shape index (κ2) is 4.57. The monoisotopic (exact) mass is 286 g/mol. The molecule has 2 aromatic rings. The fraction of sp³-hybridized carbons (Fsp3) is 0.500. The fourth-order valence-electron chi connectivity index (χ4n) is 2.19. The van der Waals surface area contributed by atoms with Gasteiger partial charge in [0.2, 0.25) is 5.28 Å². The van der Waals surface area contributed by atoms with Crippen molar-refractivity contribution in [2.45, 2.75) is 24.9 Å². The van der Waals surface area contributed by atoms with E-state index in [0.29, 0.717) is 11.2 Å². The van der Waals surface area contributed by atoms with Gasteiger partial charge in [-0.1, -0.05) is 0 Å². The minimum Gasteiger partial charge on any atom is -0.394 e. The van der Waals surface area contributed by atoms with E-state index >= 15 is 0 Å². The molecule has 0 unspecified atom stereocenters. The molecular weight excluding hydrogens is 276 g/mol. The van der Waals surface area contributed by atoms with E-state index in [4.69, 9.17) is 21.4 Å². The highest BCUT2D eigenvalue weighted by Crippen LogP contribution is 2.33. The van der Waals surface area contributed by atoms with Gasteiger partial charge in [-0.2, -0.15) is 4.98 Å². The zero-order valence-corrected chi connectivity index (χ0v) is 10.4. The second-order valence-electron chi connectivity index (χ2n) is 4.29. The summed E-state index contributed by atoms with van der Waals surface area (Å²) < 4.78 is 6.96. The highest BCUT2D eigenvalue weighted by atomic mass is 35.5. The van der Waals surface area contributed by atoms with Gasteiger partial charge in [-0.05, 0) is 11.6 Å². The maximum absolute atomic E-state index is 11.3. The fourth-order valence-corrected chi connectivity index (χ4v) is 2.47. The number of imidazole rings is 1. The molecule has 1 fully saturated rings. The van der Waals surface area contributed by atoms with E-state index < -0.39 is 24.1 Å². The van der Waals surface area contributed by atoms with Crippen molar-refractivity contribution in [2.24, 2.45) is 0 Å². The number of aromatic nitrogens is 4. The number of hydrogen-bond acceptors (Lipinski definition) is 6. The third-order valence-electron chi connectivity index (χ3n) is 3.10. The van der Waals surface area contributed by atoms with Gasteiger partial charge in [0.1, 0.15) is 23.5 Å². The predicted molar refractivity (Wildman–Crippen MR) is 64.8 cm³/mol. The summed E-state index contributed by atoms with van der Waals surface area (Å²) in [7, 11) is 0. The van der Waals surface area contributed by atoms with Crippen LogP contribution in [0.3, 0.4) is 0 Å². The van der Waals surface area contributed by atoms with Crippen LogP contribution in [0, 0.1) is 0 Å². The standard InChI is InChI=1S/C10H11ClN4O4/c11-9-13-4-2-12-10(18)14-8(4)15(9)7-1-5(17)6(3-16)19-7/h2,5-7,16-17H,1,3H2,(H,12,14,18)/t5-,6+,7-/m1/s1. The number of aliphatic hydroxyl groups is 2. The second-order valence-corrected chi connectivity index (χ2v) is 4.63. The number of H-pyrrole nitrogens is 1. The Bertz CT molecular complexity index is 669. The van der Waals surface area contributed by atoms with Gasteiger partial charge in [0, 0.05) is 6.42 Å². The molecule has 0 amide bonds. The Hall–Kier alpha value is -1.48. The third kappa shape index (κ3) is 2.02. The molecule has 1 aliphatic rings. The Morgan fingerprint density at radius 3 is 3.11 bits per heavy atom. The van der Waals surface area contributed by atoms with Crippen molar-refractivity contribution in [3.05, 3.63) is 22.0 Å². The molecule has 19 heavy (non-hydrogen) atoms. The normalized spacial score (nSPS) is 27.2. The molecule has 2 aromatic heterocycles. The Morgan fingerprint density at radius 2 is 2.42 bits per heavy atom. The van der Waals surface area contributed by atoms with Crippen molar-refractivity contribution in [2.75, 3.05) is 6.61 Å². The van der Waals surface area contributed by atoms with Crippen molar-refractivity contribution in [3.63, 3.8) is 0 Å². The Labute approximate surface area is 111 Å². The summed E-state index contributed by atoms with van der Waals surface area (Å²) in [5, 5.41) is 18.9. The SMILES string of the molecule is O=c1ncc2nc(Cl)n([C@H]3C[C@@H](O)[C@H](CO)O3)c2[nH]1. The summed E-state index contributed by atoms with van der Waals surface area (Å²) in [4.78, 5) is 21.4. The van der Waals surface area contributed by atoms with Crippen molar-refractivity contribution in [1.29, 1.82) is 0 Å². The van der Waals surface area contributed by atoms with Gasteiger partial charge in [-0.15, -0.1) is 0 Å². The molecule has 0 aliphatic carbocycles. The molecule has 8 nitrogen and oxygen atoms in total. The topological polar surface area (TPSA) is 113 Å². The van der Waals surface area contributed by atoms with Gasteiger partial charge in [0.15, 0.2) is 0 Å². The largest absolute Gasteiger partial charge is 0.394 e. The van der Waals surface area contributed by atoms with Gasteiger partial charge in [-0.25, -0.2) is 9.78 Å². The lowest BCUT2D eigenvalue weighted by molar-refractivity contribution is -0.0431. The van der Waals surface area contributed by atoms with E-state index in [0.717, 1.165) is 0 Å². The van der Waals surface area contributed by atoms with E-state index in [-0.39, 0.29) is 18.3 Å². The number of fused-ring (bicyclic) bond motifs is 1. The van der Waals surface area contributed by atoms with E-state index in [1.165, 1.54) is 10.8 Å². The number of nitrogens with zero attached hydrogens (tertiary/aromatic N) is 3. The van der Waals surface area contributed by atoms with Crippen LogP contribution in [0.2, 0.25) is 5.28 Å². The molecule has 3 rings (SSSR count). The lowest BCUT2D eigenvalue weighted by Crippen LogP contribution is -2.24. The average molecular weight is 287 g/mol. The molecule has 0 aromatic carbocycles. The molecule has 1 saturated heterocycles. The van der Waals surface area contributed by atoms with Crippen LogP contribution in [-0.2, 0) is 4.74 Å². The number of aliphatic hydroxyl groups excluding tert-OH is 2. The summed E-state index contributed by atoms with van der Waals surface area (Å²) in [5.41, 5.74) is 0.276. The van der Waals surface area contributed by atoms with Crippen LogP contribution in [0.15, 0.2) is 11.0 Å². The molecule has 3 atom stereocenters. The van der Waals surface area contributed by atoms with Gasteiger partial charge in [-0.3, -0.25) is 9.55 Å². The van der Waals surface area contributed by atoms with Crippen molar-refractivity contribution >= 4 is 22.8 Å². The summed E-state index contributed by atoms with van der Waals surface area (Å²) in [6, 6.07) is 0. The smallest absolute Gasteiger partial charge is 0.346 e. The summed E-state index contributed by atoms with van der Waals surface area (Å²) in [6.45, 7) is -0.292. The zero-order chi connectivity index (χ0) is 13.6. The highest BCUT2D eigenvalue weighted by Gasteiger charge is 2.36. The van der Waals surface area contributed by atoms with Crippen molar-refractivity contribution < 1.29 is 14.9 Å². The lowest BCUT2D eigenvalue weighted by atomic mass is 10.2. The Kier molecular flexibility index (Phi) is 3.02. The van der Waals surface area contributed by atoms with Gasteiger partial charge < -0.3 is 14.9 Å². The molecule has 0 radical (unpaired) electrons. The van der Waals surface area contributed by atoms with Crippen LogP contribution in [-0.4, -0.2) is 48.5 Å². The number of nitrogens with one attached hydrogen (secondary N) is 1. The molecule has 3 N–H and O–H groups in total. The summed E-state index contributed by atoms with van der Waals surface area (Å²) in [5.74, 6) is 0. The first-order chi connectivity index (χ1) is 9.10. The first kappa shape index (κ1) is 12.5. The van der Waals surface area contributed by atoms with Crippen LogP contribution in [0.1, 0.15) is 12.6 Å². The van der Waals surface area contributed by atoms with E-state index in [9.17, 15) is 9.90 Å². The molecule has 1 aliphatic heterocycles. The van der Waals surface area contributed by atoms with Gasteiger partial charge in [0.25, 0.3) is 0 Å². The number of aromatic amines is 1. The van der Waals surface area contributed by atoms with Crippen LogP contribution in [0.25, 0.3) is 11.2 Å². The molecule has 0 spiro atoms.